The van der Waals surface area contributed by atoms with Crippen molar-refractivity contribution >= 4 is 16.4 Å². The normalized spacial score (nSPS) is 22.5. The first kappa shape index (κ1) is 44.6. The molecule has 13 heteroatoms. The zero-order chi connectivity index (χ0) is 35.5. The lowest BCUT2D eigenvalue weighted by atomic mass is 9.99. The Morgan fingerprint density at radius 2 is 1.38 bits per heavy atom. The molecule has 282 valence electrons. The maximum absolute atomic E-state index is 12.1. The summed E-state index contributed by atoms with van der Waals surface area (Å²) in [5.41, 5.74) is 0. The molecule has 0 spiro atoms. The van der Waals surface area contributed by atoms with E-state index in [1.807, 2.05) is 6.92 Å². The van der Waals surface area contributed by atoms with Crippen molar-refractivity contribution in [3.63, 3.8) is 0 Å². The van der Waals surface area contributed by atoms with E-state index >= 15 is 0 Å². The van der Waals surface area contributed by atoms with Crippen LogP contribution in [0, 0.1) is 0 Å². The van der Waals surface area contributed by atoms with Gasteiger partial charge in [0.2, 0.25) is 0 Å². The summed E-state index contributed by atoms with van der Waals surface area (Å²) in [6.45, 7) is 3.54. The van der Waals surface area contributed by atoms with Crippen LogP contribution in [0.15, 0.2) is 24.3 Å². The van der Waals surface area contributed by atoms with E-state index in [-0.39, 0.29) is 19.6 Å². The third-order valence-corrected chi connectivity index (χ3v) is 8.51. The molecule has 0 aromatic rings. The highest BCUT2D eigenvalue weighted by Crippen LogP contribution is 2.26. The van der Waals surface area contributed by atoms with E-state index in [0.717, 1.165) is 25.7 Å². The van der Waals surface area contributed by atoms with E-state index in [2.05, 4.69) is 35.4 Å². The minimum atomic E-state index is -5.04. The molecule has 48 heavy (non-hydrogen) atoms. The largest absolute Gasteiger partial charge is 0.457 e. The van der Waals surface area contributed by atoms with E-state index < -0.39 is 59.8 Å². The van der Waals surface area contributed by atoms with Gasteiger partial charge in [0.15, 0.2) is 6.29 Å². The van der Waals surface area contributed by atoms with Crippen LogP contribution < -0.4 is 0 Å². The predicted molar refractivity (Wildman–Crippen MR) is 184 cm³/mol. The number of aliphatic hydroxyl groups excluding tert-OH is 3. The second-order valence-electron chi connectivity index (χ2n) is 12.5. The average molecular weight is 709 g/mol. The molecule has 6 unspecified atom stereocenters. The van der Waals surface area contributed by atoms with Crippen LogP contribution in [0.25, 0.3) is 0 Å². The van der Waals surface area contributed by atoms with Crippen LogP contribution in [0.3, 0.4) is 0 Å². The van der Waals surface area contributed by atoms with Crippen LogP contribution in [0.1, 0.15) is 129 Å². The number of unbranched alkanes of at least 4 members (excludes halogenated alkanes) is 13. The smallest absolute Gasteiger partial charge is 0.397 e. The minimum Gasteiger partial charge on any atom is -0.457 e. The molecule has 0 aromatic carbocycles. The van der Waals surface area contributed by atoms with Crippen molar-refractivity contribution in [3.05, 3.63) is 24.3 Å². The van der Waals surface area contributed by atoms with Crippen LogP contribution in [0.5, 0.6) is 0 Å². The second kappa shape index (κ2) is 28.3. The maximum Gasteiger partial charge on any atom is 0.397 e. The molecule has 1 fully saturated rings. The summed E-state index contributed by atoms with van der Waals surface area (Å²) in [6, 6.07) is 0. The molecule has 0 amide bonds. The number of hydrogen-bond acceptors (Lipinski definition) is 11. The van der Waals surface area contributed by atoms with Crippen molar-refractivity contribution in [1.82, 2.24) is 0 Å². The van der Waals surface area contributed by atoms with Crippen molar-refractivity contribution < 1.29 is 56.2 Å². The fourth-order valence-corrected chi connectivity index (χ4v) is 5.83. The molecule has 4 N–H and O–H groups in total. The Morgan fingerprint density at radius 1 is 0.792 bits per heavy atom. The van der Waals surface area contributed by atoms with Crippen molar-refractivity contribution in [2.75, 3.05) is 26.4 Å². The summed E-state index contributed by atoms with van der Waals surface area (Å²) in [5, 5.41) is 30.2. The highest BCUT2D eigenvalue weighted by Gasteiger charge is 2.48. The molecule has 0 bridgehead atoms. The van der Waals surface area contributed by atoms with Gasteiger partial charge in [-0.2, -0.15) is 8.42 Å². The molecule has 1 aliphatic rings. The first-order valence-electron chi connectivity index (χ1n) is 18.1. The van der Waals surface area contributed by atoms with Crippen LogP contribution in [-0.2, 0) is 38.3 Å². The lowest BCUT2D eigenvalue weighted by Gasteiger charge is -2.41. The van der Waals surface area contributed by atoms with Gasteiger partial charge in [0.05, 0.1) is 19.8 Å². The van der Waals surface area contributed by atoms with Gasteiger partial charge in [-0.05, 0) is 44.9 Å². The third-order valence-electron chi connectivity index (χ3n) is 8.05. The Morgan fingerprint density at radius 3 is 1.94 bits per heavy atom. The third kappa shape index (κ3) is 22.3. The van der Waals surface area contributed by atoms with E-state index in [4.69, 9.17) is 23.5 Å². The summed E-state index contributed by atoms with van der Waals surface area (Å²) < 4.78 is 57.9. The fraction of sp³-hybridized carbons (Fsp3) is 0.857. The van der Waals surface area contributed by atoms with Crippen molar-refractivity contribution in [2.45, 2.75) is 166 Å². The number of rotatable bonds is 30. The minimum absolute atomic E-state index is 0.0290. The molecule has 12 nitrogen and oxygen atoms in total. The van der Waals surface area contributed by atoms with Crippen molar-refractivity contribution in [2.24, 2.45) is 0 Å². The first-order valence-corrected chi connectivity index (χ1v) is 19.5. The molecular formula is C35H64O12S. The molecule has 0 saturated carbocycles. The van der Waals surface area contributed by atoms with E-state index in [0.29, 0.717) is 13.0 Å². The lowest BCUT2D eigenvalue weighted by Crippen LogP contribution is -2.60. The zero-order valence-corrected chi connectivity index (χ0v) is 30.1. The van der Waals surface area contributed by atoms with Gasteiger partial charge < -0.3 is 34.3 Å². The molecule has 0 radical (unpaired) electrons. The zero-order valence-electron chi connectivity index (χ0n) is 29.3. The standard InChI is InChI=1S/C35H64O12S/c1-3-5-6-7-8-9-10-11-12-13-14-15-16-17-18-19-20-21-22-23-25-43-27-29(45-31(37)24-4-2)28-44-35-33(39)34(47-48(40,41)42)32(38)30(26-36)46-35/h8-9,11-12,29-30,32-36,38-39H,3-7,10,13-28H2,1-2H3,(H,40,41,42)/b9-8-,12-11-. The number of carbonyl (C=O) groups is 1. The van der Waals surface area contributed by atoms with Gasteiger partial charge in [0.25, 0.3) is 0 Å². The number of hydrogen-bond donors (Lipinski definition) is 4. The topological polar surface area (TPSA) is 178 Å². The highest BCUT2D eigenvalue weighted by atomic mass is 32.3. The Bertz CT molecular complexity index is 957. The second-order valence-corrected chi connectivity index (χ2v) is 13.5. The number of esters is 1. The van der Waals surface area contributed by atoms with Crippen LogP contribution in [0.4, 0.5) is 0 Å². The van der Waals surface area contributed by atoms with E-state index in [9.17, 15) is 28.5 Å². The summed E-state index contributed by atoms with van der Waals surface area (Å²) in [5.74, 6) is -0.454. The quantitative estimate of drug-likeness (QED) is 0.0309. The molecular weight excluding hydrogens is 644 g/mol. The highest BCUT2D eigenvalue weighted by molar-refractivity contribution is 7.80. The van der Waals surface area contributed by atoms with Crippen molar-refractivity contribution in [1.29, 1.82) is 0 Å². The predicted octanol–water partition coefficient (Wildman–Crippen LogP) is 5.73. The van der Waals surface area contributed by atoms with E-state index in [1.54, 1.807) is 0 Å². The Hall–Kier alpha value is -1.42. The molecule has 1 aliphatic heterocycles. The van der Waals surface area contributed by atoms with Crippen molar-refractivity contribution in [3.8, 4) is 0 Å². The molecule has 6 atom stereocenters. The van der Waals surface area contributed by atoms with Gasteiger partial charge in [0, 0.05) is 13.0 Å². The van der Waals surface area contributed by atoms with Gasteiger partial charge in [-0.15, -0.1) is 0 Å². The maximum atomic E-state index is 12.1. The van der Waals surface area contributed by atoms with Crippen LogP contribution in [-0.4, -0.2) is 97.5 Å². The van der Waals surface area contributed by atoms with Gasteiger partial charge in [0.1, 0.15) is 30.5 Å². The van der Waals surface area contributed by atoms with Gasteiger partial charge in [-0.1, -0.05) is 102 Å². The average Bonchev–Trinajstić information content (AvgIpc) is 3.04. The number of ether oxygens (including phenoxy) is 4. The van der Waals surface area contributed by atoms with Crippen LogP contribution >= 0.6 is 0 Å². The fourth-order valence-electron chi connectivity index (χ4n) is 5.33. The Balaban J connectivity index is 2.22. The number of aliphatic hydroxyl groups is 3. The molecule has 1 saturated heterocycles. The Kier molecular flexibility index (Phi) is 26.3. The van der Waals surface area contributed by atoms with Crippen LogP contribution in [0.2, 0.25) is 0 Å². The molecule has 0 aliphatic carbocycles. The first-order chi connectivity index (χ1) is 23.1. The lowest BCUT2D eigenvalue weighted by molar-refractivity contribution is -0.301. The SMILES string of the molecule is CCCCC/C=C\C/C=C\CCCCCCCCCCCCOCC(COC1OC(CO)C(O)C(OS(=O)(=O)O)C1O)OC(=O)CCC. The molecule has 0 aromatic heterocycles. The Labute approximate surface area is 289 Å². The molecule has 1 heterocycles. The summed E-state index contributed by atoms with van der Waals surface area (Å²) >= 11 is 0. The number of carbonyl (C=O) groups excluding carboxylic acids is 1. The summed E-state index contributed by atoms with van der Waals surface area (Å²) in [4.78, 5) is 12.1. The summed E-state index contributed by atoms with van der Waals surface area (Å²) in [7, 11) is -5.04. The van der Waals surface area contributed by atoms with Gasteiger partial charge >= 0.3 is 16.4 Å². The number of allylic oxidation sites excluding steroid dienone is 4. The van der Waals surface area contributed by atoms with Gasteiger partial charge in [-0.3, -0.25) is 9.35 Å². The van der Waals surface area contributed by atoms with Gasteiger partial charge in [-0.25, -0.2) is 4.18 Å². The monoisotopic (exact) mass is 708 g/mol. The van der Waals surface area contributed by atoms with E-state index in [1.165, 1.54) is 77.0 Å². The summed E-state index contributed by atoms with van der Waals surface area (Å²) in [6.07, 6.45) is 19.8. The molecule has 1 rings (SSSR count).